The van der Waals surface area contributed by atoms with Crippen LogP contribution in [-0.2, 0) is 5.88 Å². The van der Waals surface area contributed by atoms with Crippen molar-refractivity contribution in [1.29, 1.82) is 0 Å². The molecule has 0 bridgehead atoms. The van der Waals surface area contributed by atoms with E-state index in [1.807, 2.05) is 54.8 Å². The third-order valence-electron chi connectivity index (χ3n) is 3.16. The van der Waals surface area contributed by atoms with Gasteiger partial charge in [-0.3, -0.25) is 9.13 Å². The molecule has 1 aromatic heterocycles. The summed E-state index contributed by atoms with van der Waals surface area (Å²) in [6, 6.07) is 15.2. The minimum absolute atomic E-state index is 0.0391. The first-order valence-electron chi connectivity index (χ1n) is 6.17. The third-order valence-corrected chi connectivity index (χ3v) is 3.92. The summed E-state index contributed by atoms with van der Waals surface area (Å²) in [5, 5.41) is 0.628. The molecule has 1 heterocycles. The van der Waals surface area contributed by atoms with Crippen molar-refractivity contribution in [2.75, 3.05) is 6.26 Å². The molecule has 0 fully saturated rings. The molecule has 0 aliphatic carbocycles. The van der Waals surface area contributed by atoms with E-state index in [0.29, 0.717) is 10.9 Å². The fourth-order valence-corrected chi connectivity index (χ4v) is 2.99. The predicted molar refractivity (Wildman–Crippen MR) is 86.1 cm³/mol. The Balaban J connectivity index is 2.39. The van der Waals surface area contributed by atoms with Gasteiger partial charge in [-0.05, 0) is 36.6 Å². The number of thioether (sulfide) groups is 1. The van der Waals surface area contributed by atoms with Crippen LogP contribution in [0.1, 0.15) is 0 Å². The highest BCUT2D eigenvalue weighted by atomic mass is 35.5. The molecule has 0 aliphatic rings. The van der Waals surface area contributed by atoms with E-state index in [4.69, 9.17) is 11.6 Å². The molecular formula is C15H13ClN2OS. The number of fused-ring (bicyclic) bond motifs is 1. The van der Waals surface area contributed by atoms with Gasteiger partial charge < -0.3 is 0 Å². The quantitative estimate of drug-likeness (QED) is 0.736. The standard InChI is InChI=1S/C15H13ClN2OS/c1-20-10-17-13-8-7-11(16)9-14(13)18(15(17)19)12-5-3-2-4-6-12/h2-9H,10H2,1H3. The van der Waals surface area contributed by atoms with Crippen molar-refractivity contribution in [3.63, 3.8) is 0 Å². The van der Waals surface area contributed by atoms with Crippen molar-refractivity contribution in [3.8, 4) is 5.69 Å². The van der Waals surface area contributed by atoms with Crippen LogP contribution < -0.4 is 5.69 Å². The molecule has 0 amide bonds. The molecule has 102 valence electrons. The number of benzene rings is 2. The van der Waals surface area contributed by atoms with E-state index in [-0.39, 0.29) is 5.69 Å². The van der Waals surface area contributed by atoms with Gasteiger partial charge in [-0.1, -0.05) is 29.8 Å². The summed E-state index contributed by atoms with van der Waals surface area (Å²) >= 11 is 7.70. The zero-order valence-electron chi connectivity index (χ0n) is 10.9. The van der Waals surface area contributed by atoms with Crippen LogP contribution in [0.2, 0.25) is 5.02 Å². The Labute approximate surface area is 125 Å². The Kier molecular flexibility index (Phi) is 3.59. The van der Waals surface area contributed by atoms with Crippen LogP contribution >= 0.6 is 23.4 Å². The van der Waals surface area contributed by atoms with Crippen molar-refractivity contribution >= 4 is 34.4 Å². The van der Waals surface area contributed by atoms with Gasteiger partial charge in [-0.2, -0.15) is 0 Å². The van der Waals surface area contributed by atoms with E-state index in [0.717, 1.165) is 16.7 Å². The highest BCUT2D eigenvalue weighted by molar-refractivity contribution is 7.97. The summed E-state index contributed by atoms with van der Waals surface area (Å²) in [6.45, 7) is 0. The van der Waals surface area contributed by atoms with E-state index < -0.39 is 0 Å². The maximum atomic E-state index is 12.7. The van der Waals surface area contributed by atoms with Crippen molar-refractivity contribution < 1.29 is 0 Å². The SMILES string of the molecule is CSCn1c(=O)n(-c2ccccc2)c2cc(Cl)ccc21. The summed E-state index contributed by atoms with van der Waals surface area (Å²) < 4.78 is 3.47. The number of halogens is 1. The molecule has 5 heteroatoms. The summed E-state index contributed by atoms with van der Waals surface area (Å²) in [5.74, 6) is 0.622. The van der Waals surface area contributed by atoms with Crippen LogP contribution in [0.5, 0.6) is 0 Å². The Bertz CT molecular complexity index is 808. The number of nitrogens with zero attached hydrogens (tertiary/aromatic N) is 2. The summed E-state index contributed by atoms with van der Waals surface area (Å²) in [4.78, 5) is 12.7. The van der Waals surface area contributed by atoms with Crippen LogP contribution in [0.15, 0.2) is 53.3 Å². The van der Waals surface area contributed by atoms with E-state index in [9.17, 15) is 4.79 Å². The molecule has 0 N–H and O–H groups in total. The normalized spacial score (nSPS) is 11.1. The lowest BCUT2D eigenvalue weighted by molar-refractivity contribution is 0.832. The minimum atomic E-state index is -0.0391. The van der Waals surface area contributed by atoms with Crippen molar-refractivity contribution in [2.24, 2.45) is 0 Å². The second-order valence-corrected chi connectivity index (χ2v) is 5.70. The fourth-order valence-electron chi connectivity index (χ4n) is 2.31. The largest absolute Gasteiger partial charge is 0.334 e. The van der Waals surface area contributed by atoms with Gasteiger partial charge in [0.05, 0.1) is 22.6 Å². The lowest BCUT2D eigenvalue weighted by Gasteiger charge is -2.02. The molecule has 0 atom stereocenters. The molecule has 0 aliphatic heterocycles. The minimum Gasteiger partial charge on any atom is -0.282 e. The Morgan fingerprint density at radius 2 is 1.85 bits per heavy atom. The molecule has 2 aromatic carbocycles. The van der Waals surface area contributed by atoms with Gasteiger partial charge in [0, 0.05) is 5.02 Å². The molecule has 0 unspecified atom stereocenters. The average Bonchev–Trinajstić information content (AvgIpc) is 2.72. The molecule has 3 nitrogen and oxygen atoms in total. The summed E-state index contributed by atoms with van der Waals surface area (Å²) in [7, 11) is 0. The zero-order chi connectivity index (χ0) is 14.1. The number of hydrogen-bond donors (Lipinski definition) is 0. The number of rotatable bonds is 3. The van der Waals surface area contributed by atoms with E-state index in [1.54, 1.807) is 20.9 Å². The highest BCUT2D eigenvalue weighted by Crippen LogP contribution is 2.22. The first-order valence-corrected chi connectivity index (χ1v) is 7.94. The van der Waals surface area contributed by atoms with Crippen LogP contribution in [0.25, 0.3) is 16.7 Å². The molecule has 0 saturated carbocycles. The molecule has 0 radical (unpaired) electrons. The second kappa shape index (κ2) is 5.38. The van der Waals surface area contributed by atoms with Gasteiger partial charge in [0.2, 0.25) is 0 Å². The zero-order valence-corrected chi connectivity index (χ0v) is 12.5. The van der Waals surface area contributed by atoms with E-state index in [2.05, 4.69) is 0 Å². The molecule has 3 aromatic rings. The van der Waals surface area contributed by atoms with Crippen molar-refractivity contribution in [1.82, 2.24) is 9.13 Å². The Morgan fingerprint density at radius 1 is 1.10 bits per heavy atom. The number of imidazole rings is 1. The fraction of sp³-hybridized carbons (Fsp3) is 0.133. The number of aromatic nitrogens is 2. The van der Waals surface area contributed by atoms with Crippen LogP contribution in [-0.4, -0.2) is 15.4 Å². The number of hydrogen-bond acceptors (Lipinski definition) is 2. The Hall–Kier alpha value is -1.65. The van der Waals surface area contributed by atoms with Crippen molar-refractivity contribution in [2.45, 2.75) is 5.88 Å². The molecule has 0 saturated heterocycles. The molecular weight excluding hydrogens is 292 g/mol. The first kappa shape index (κ1) is 13.3. The topological polar surface area (TPSA) is 26.9 Å². The predicted octanol–water partition coefficient (Wildman–Crippen LogP) is 3.77. The lowest BCUT2D eigenvalue weighted by Crippen LogP contribution is -2.22. The summed E-state index contributed by atoms with van der Waals surface area (Å²) in [5.41, 5.74) is 2.55. The summed E-state index contributed by atoms with van der Waals surface area (Å²) in [6.07, 6.45) is 1.98. The smallest absolute Gasteiger partial charge is 0.282 e. The monoisotopic (exact) mass is 304 g/mol. The van der Waals surface area contributed by atoms with Gasteiger partial charge >= 0.3 is 5.69 Å². The molecule has 20 heavy (non-hydrogen) atoms. The molecule has 3 rings (SSSR count). The maximum Gasteiger partial charge on any atom is 0.334 e. The van der Waals surface area contributed by atoms with E-state index >= 15 is 0 Å². The van der Waals surface area contributed by atoms with Crippen LogP contribution in [0.3, 0.4) is 0 Å². The number of para-hydroxylation sites is 1. The van der Waals surface area contributed by atoms with Gasteiger partial charge in [-0.15, -0.1) is 11.8 Å². The van der Waals surface area contributed by atoms with Crippen molar-refractivity contribution in [3.05, 3.63) is 64.0 Å². The van der Waals surface area contributed by atoms with Gasteiger partial charge in [0.1, 0.15) is 0 Å². The third kappa shape index (κ3) is 2.15. The Morgan fingerprint density at radius 3 is 2.55 bits per heavy atom. The first-order chi connectivity index (χ1) is 9.72. The molecule has 0 spiro atoms. The average molecular weight is 305 g/mol. The lowest BCUT2D eigenvalue weighted by atomic mass is 10.3. The van der Waals surface area contributed by atoms with Gasteiger partial charge in [0.25, 0.3) is 0 Å². The van der Waals surface area contributed by atoms with Crippen LogP contribution in [0, 0.1) is 0 Å². The van der Waals surface area contributed by atoms with Gasteiger partial charge in [-0.25, -0.2) is 4.79 Å². The van der Waals surface area contributed by atoms with Crippen LogP contribution in [0.4, 0.5) is 0 Å². The maximum absolute atomic E-state index is 12.7. The highest BCUT2D eigenvalue weighted by Gasteiger charge is 2.14. The van der Waals surface area contributed by atoms with Gasteiger partial charge in [0.15, 0.2) is 0 Å². The van der Waals surface area contributed by atoms with E-state index in [1.165, 1.54) is 0 Å². The second-order valence-electron chi connectivity index (χ2n) is 4.43.